The van der Waals surface area contributed by atoms with Gasteiger partial charge in [-0.05, 0) is 85.0 Å². The lowest BCUT2D eigenvalue weighted by Gasteiger charge is -2.41. The van der Waals surface area contributed by atoms with E-state index in [1.807, 2.05) is 29.2 Å². The van der Waals surface area contributed by atoms with Gasteiger partial charge in [-0.15, -0.1) is 0 Å². The molecule has 3 aromatic rings. The van der Waals surface area contributed by atoms with Gasteiger partial charge >= 0.3 is 0 Å². The lowest BCUT2D eigenvalue weighted by atomic mass is 9.72. The van der Waals surface area contributed by atoms with Gasteiger partial charge in [0.15, 0.2) is 0 Å². The van der Waals surface area contributed by atoms with Gasteiger partial charge in [-0.1, -0.05) is 55.5 Å². The number of likely N-dealkylation sites (tertiary alicyclic amines) is 1. The Kier molecular flexibility index (Phi) is 9.74. The van der Waals surface area contributed by atoms with Crippen molar-refractivity contribution in [3.05, 3.63) is 101 Å². The van der Waals surface area contributed by atoms with Gasteiger partial charge in [0.1, 0.15) is 11.6 Å². The van der Waals surface area contributed by atoms with Gasteiger partial charge in [0, 0.05) is 26.1 Å². The Morgan fingerprint density at radius 2 is 1.41 bits per heavy atom. The molecule has 1 fully saturated rings. The van der Waals surface area contributed by atoms with Crippen molar-refractivity contribution in [2.24, 2.45) is 5.41 Å². The van der Waals surface area contributed by atoms with E-state index >= 15 is 0 Å². The number of hydrogen-bond acceptors (Lipinski definition) is 3. The minimum Gasteiger partial charge on any atom is -0.497 e. The van der Waals surface area contributed by atoms with Gasteiger partial charge in [-0.25, -0.2) is 4.39 Å². The van der Waals surface area contributed by atoms with Crippen LogP contribution in [-0.2, 0) is 35.3 Å². The van der Waals surface area contributed by atoms with Crippen molar-refractivity contribution in [3.8, 4) is 5.75 Å². The summed E-state index contributed by atoms with van der Waals surface area (Å²) in [6.45, 7) is 3.81. The summed E-state index contributed by atoms with van der Waals surface area (Å²) >= 11 is 0. The fourth-order valence-corrected chi connectivity index (χ4v) is 5.31. The molecular weight excluding hydrogens is 491 g/mol. The lowest BCUT2D eigenvalue weighted by molar-refractivity contribution is -0.140. The molecule has 0 aromatic heterocycles. The number of ether oxygens (including phenoxy) is 1. The highest BCUT2D eigenvalue weighted by molar-refractivity contribution is 5.84. The summed E-state index contributed by atoms with van der Waals surface area (Å²) in [5.41, 5.74) is 3.96. The molecule has 206 valence electrons. The van der Waals surface area contributed by atoms with E-state index in [4.69, 9.17) is 4.74 Å². The highest BCUT2D eigenvalue weighted by Crippen LogP contribution is 2.36. The smallest absolute Gasteiger partial charge is 0.226 e. The Balaban J connectivity index is 1.38. The molecule has 39 heavy (non-hydrogen) atoms. The van der Waals surface area contributed by atoms with E-state index in [1.165, 1.54) is 23.3 Å². The first-order valence-electron chi connectivity index (χ1n) is 13.9. The molecule has 1 heterocycles. The number of methoxy groups -OCH3 is 1. The number of hydrogen-bond donors (Lipinski definition) is 1. The molecular formula is C33H39FN2O3. The van der Waals surface area contributed by atoms with Gasteiger partial charge in [-0.3, -0.25) is 9.59 Å². The largest absolute Gasteiger partial charge is 0.497 e. The number of benzene rings is 3. The maximum Gasteiger partial charge on any atom is 0.226 e. The van der Waals surface area contributed by atoms with E-state index < -0.39 is 5.41 Å². The maximum absolute atomic E-state index is 13.7. The Labute approximate surface area is 231 Å². The first-order valence-corrected chi connectivity index (χ1v) is 13.9. The van der Waals surface area contributed by atoms with E-state index in [0.717, 1.165) is 29.7 Å². The second-order valence-electron chi connectivity index (χ2n) is 10.5. The molecule has 0 aliphatic carbocycles. The highest BCUT2D eigenvalue weighted by atomic mass is 19.1. The molecule has 0 saturated carbocycles. The Hall–Kier alpha value is -3.67. The van der Waals surface area contributed by atoms with E-state index in [9.17, 15) is 14.0 Å². The van der Waals surface area contributed by atoms with Crippen LogP contribution >= 0.6 is 0 Å². The van der Waals surface area contributed by atoms with Crippen molar-refractivity contribution < 1.29 is 18.7 Å². The van der Waals surface area contributed by atoms with Crippen LogP contribution in [0.4, 0.5) is 4.39 Å². The minimum atomic E-state index is -0.575. The number of nitrogens with one attached hydrogen (secondary N) is 1. The SMILES string of the molecule is CCc1ccc(CCNC(=O)C2(Cc3ccc(OC)cc3)CCN(C(=O)CCc3ccc(F)cc3)CC2)cc1. The molecule has 1 aliphatic heterocycles. The number of rotatable bonds is 11. The average molecular weight is 531 g/mol. The second kappa shape index (κ2) is 13.4. The van der Waals surface area contributed by atoms with E-state index in [-0.39, 0.29) is 17.6 Å². The lowest BCUT2D eigenvalue weighted by Crippen LogP contribution is -2.51. The number of halogens is 1. The third-order valence-electron chi connectivity index (χ3n) is 7.93. The number of aryl methyl sites for hydroxylation is 2. The summed E-state index contributed by atoms with van der Waals surface area (Å²) in [5, 5.41) is 3.21. The predicted octanol–water partition coefficient (Wildman–Crippen LogP) is 5.54. The summed E-state index contributed by atoms with van der Waals surface area (Å²) in [6.07, 6.45) is 4.58. The number of piperidine rings is 1. The molecule has 1 aliphatic rings. The molecule has 3 aromatic carbocycles. The second-order valence-corrected chi connectivity index (χ2v) is 10.5. The molecule has 0 bridgehead atoms. The number of nitrogens with zero attached hydrogens (tertiary/aromatic N) is 1. The van der Waals surface area contributed by atoms with Gasteiger partial charge < -0.3 is 15.0 Å². The van der Waals surface area contributed by atoms with Crippen LogP contribution in [0.15, 0.2) is 72.8 Å². The predicted molar refractivity (Wildman–Crippen MR) is 152 cm³/mol. The molecule has 5 nitrogen and oxygen atoms in total. The van der Waals surface area contributed by atoms with Crippen LogP contribution in [0.5, 0.6) is 5.75 Å². The van der Waals surface area contributed by atoms with Gasteiger partial charge in [0.2, 0.25) is 11.8 Å². The molecule has 1 N–H and O–H groups in total. The number of carbonyl (C=O) groups is 2. The normalized spacial score (nSPS) is 14.6. The Morgan fingerprint density at radius 1 is 0.846 bits per heavy atom. The number of amides is 2. The van der Waals surface area contributed by atoms with Crippen LogP contribution in [0, 0.1) is 11.2 Å². The first kappa shape index (κ1) is 28.3. The highest BCUT2D eigenvalue weighted by Gasteiger charge is 2.42. The van der Waals surface area contributed by atoms with Crippen LogP contribution in [0.3, 0.4) is 0 Å². The third kappa shape index (κ3) is 7.69. The van der Waals surface area contributed by atoms with Crippen LogP contribution in [-0.4, -0.2) is 43.5 Å². The Bertz CT molecular complexity index is 1220. The molecule has 0 radical (unpaired) electrons. The van der Waals surface area contributed by atoms with Crippen molar-refractivity contribution in [2.45, 2.75) is 51.9 Å². The van der Waals surface area contributed by atoms with Crippen LogP contribution in [0.2, 0.25) is 0 Å². The molecule has 0 spiro atoms. The van der Waals surface area contributed by atoms with E-state index in [0.29, 0.717) is 51.7 Å². The summed E-state index contributed by atoms with van der Waals surface area (Å²) in [6, 6.07) is 22.7. The minimum absolute atomic E-state index is 0.0573. The van der Waals surface area contributed by atoms with Gasteiger partial charge in [0.05, 0.1) is 12.5 Å². The van der Waals surface area contributed by atoms with E-state index in [1.54, 1.807) is 19.2 Å². The van der Waals surface area contributed by atoms with Crippen LogP contribution in [0.1, 0.15) is 48.4 Å². The van der Waals surface area contributed by atoms with Gasteiger partial charge in [0.25, 0.3) is 0 Å². The molecule has 0 atom stereocenters. The van der Waals surface area contributed by atoms with Crippen molar-refractivity contribution >= 4 is 11.8 Å². The molecule has 4 rings (SSSR count). The molecule has 0 unspecified atom stereocenters. The zero-order valence-corrected chi connectivity index (χ0v) is 23.0. The van der Waals surface area contributed by atoms with Crippen molar-refractivity contribution in [2.75, 3.05) is 26.7 Å². The zero-order chi connectivity index (χ0) is 27.7. The summed E-state index contributed by atoms with van der Waals surface area (Å²) < 4.78 is 18.5. The van der Waals surface area contributed by atoms with Crippen molar-refractivity contribution in [3.63, 3.8) is 0 Å². The monoisotopic (exact) mass is 530 g/mol. The zero-order valence-electron chi connectivity index (χ0n) is 23.0. The molecule has 2 amide bonds. The maximum atomic E-state index is 13.7. The number of carbonyl (C=O) groups excluding carboxylic acids is 2. The molecule has 1 saturated heterocycles. The van der Waals surface area contributed by atoms with Crippen molar-refractivity contribution in [1.82, 2.24) is 10.2 Å². The third-order valence-corrected chi connectivity index (χ3v) is 7.93. The van der Waals surface area contributed by atoms with E-state index in [2.05, 4.69) is 36.5 Å². The average Bonchev–Trinajstić information content (AvgIpc) is 2.97. The van der Waals surface area contributed by atoms with Crippen molar-refractivity contribution in [1.29, 1.82) is 0 Å². The Morgan fingerprint density at radius 3 is 2.03 bits per heavy atom. The molecule has 6 heteroatoms. The topological polar surface area (TPSA) is 58.6 Å². The standard InChI is InChI=1S/C33H39FN2O3/c1-3-25-4-6-27(7-5-25)18-21-35-32(38)33(24-28-10-15-30(39-2)16-11-28)19-22-36(23-20-33)31(37)17-12-26-8-13-29(34)14-9-26/h4-11,13-16H,3,12,17-24H2,1-2H3,(H,35,38). The first-order chi connectivity index (χ1) is 18.9. The summed E-state index contributed by atoms with van der Waals surface area (Å²) in [5.74, 6) is 0.644. The fraction of sp³-hybridized carbons (Fsp3) is 0.394. The summed E-state index contributed by atoms with van der Waals surface area (Å²) in [7, 11) is 1.64. The van der Waals surface area contributed by atoms with Gasteiger partial charge in [-0.2, -0.15) is 0 Å². The fourth-order valence-electron chi connectivity index (χ4n) is 5.31. The summed E-state index contributed by atoms with van der Waals surface area (Å²) in [4.78, 5) is 28.5. The van der Waals surface area contributed by atoms with Crippen LogP contribution < -0.4 is 10.1 Å². The quantitative estimate of drug-likeness (QED) is 0.354. The van der Waals surface area contributed by atoms with Crippen LogP contribution in [0.25, 0.3) is 0 Å².